The maximum atomic E-state index is 10.9. The van der Waals surface area contributed by atoms with E-state index in [4.69, 9.17) is 16.7 Å². The Labute approximate surface area is 116 Å². The third kappa shape index (κ3) is 4.47. The number of carboxylic acids is 1. The maximum absolute atomic E-state index is 10.9. The summed E-state index contributed by atoms with van der Waals surface area (Å²) in [6.07, 6.45) is -1.91. The van der Waals surface area contributed by atoms with E-state index >= 15 is 0 Å². The van der Waals surface area contributed by atoms with Gasteiger partial charge in [0.25, 0.3) is 0 Å². The van der Waals surface area contributed by atoms with E-state index in [2.05, 4.69) is 5.32 Å². The van der Waals surface area contributed by atoms with Crippen LogP contribution in [0.2, 0.25) is 5.02 Å². The van der Waals surface area contributed by atoms with Crippen LogP contribution in [0.5, 0.6) is 0 Å². The Bertz CT molecular complexity index is 450. The number of carbonyl (C=O) groups is 1. The van der Waals surface area contributed by atoms with Crippen molar-refractivity contribution in [2.45, 2.75) is 32.1 Å². The predicted molar refractivity (Wildman–Crippen MR) is 72.3 cm³/mol. The van der Waals surface area contributed by atoms with Gasteiger partial charge in [0.1, 0.15) is 6.04 Å². The van der Waals surface area contributed by atoms with Gasteiger partial charge in [-0.25, -0.2) is 0 Å². The maximum Gasteiger partial charge on any atom is 0.323 e. The molecule has 19 heavy (non-hydrogen) atoms. The molecule has 0 saturated heterocycles. The zero-order valence-corrected chi connectivity index (χ0v) is 11.6. The first-order chi connectivity index (χ1) is 8.82. The normalized spacial score (nSPS) is 15.8. The van der Waals surface area contributed by atoms with Gasteiger partial charge in [-0.3, -0.25) is 10.1 Å². The molecule has 0 spiro atoms. The minimum absolute atomic E-state index is 0.0307. The number of aliphatic hydroxyl groups is 2. The fourth-order valence-electron chi connectivity index (χ4n) is 1.70. The molecule has 0 fully saturated rings. The number of aryl methyl sites for hydroxylation is 1. The number of hydrogen-bond acceptors (Lipinski definition) is 4. The van der Waals surface area contributed by atoms with E-state index in [0.29, 0.717) is 10.6 Å². The van der Waals surface area contributed by atoms with Crippen molar-refractivity contribution in [1.82, 2.24) is 5.32 Å². The van der Waals surface area contributed by atoms with Crippen molar-refractivity contribution in [2.24, 2.45) is 0 Å². The van der Waals surface area contributed by atoms with Crippen LogP contribution in [0.3, 0.4) is 0 Å². The molecule has 0 aliphatic heterocycles. The van der Waals surface area contributed by atoms with Crippen molar-refractivity contribution in [3.05, 3.63) is 34.3 Å². The molecule has 1 rings (SSSR count). The van der Waals surface area contributed by atoms with Gasteiger partial charge in [0.15, 0.2) is 0 Å². The van der Waals surface area contributed by atoms with Crippen LogP contribution in [-0.2, 0) is 4.79 Å². The number of rotatable bonds is 6. The molecule has 0 saturated carbocycles. The van der Waals surface area contributed by atoms with Crippen LogP contribution in [0.15, 0.2) is 18.2 Å². The third-order valence-corrected chi connectivity index (χ3v) is 3.27. The summed E-state index contributed by atoms with van der Waals surface area (Å²) < 4.78 is 0. The Balaban J connectivity index is 2.66. The lowest BCUT2D eigenvalue weighted by Crippen LogP contribution is -2.46. The average Bonchev–Trinajstić information content (AvgIpc) is 2.31. The standard InChI is InChI=1S/C13H18ClNO4/c1-7-5-9(3-4-10(7)14)11(17)6-15-12(8(2)16)13(18)19/h3-5,8,11-12,15-17H,6H2,1-2H3,(H,18,19). The van der Waals surface area contributed by atoms with Crippen molar-refractivity contribution in [1.29, 1.82) is 0 Å². The number of carboxylic acid groups (broad SMARTS) is 1. The van der Waals surface area contributed by atoms with E-state index in [0.717, 1.165) is 5.56 Å². The first-order valence-electron chi connectivity index (χ1n) is 5.91. The molecule has 0 aromatic heterocycles. The van der Waals surface area contributed by atoms with Crippen molar-refractivity contribution < 1.29 is 20.1 Å². The molecule has 0 heterocycles. The predicted octanol–water partition coefficient (Wildman–Crippen LogP) is 1.11. The third-order valence-electron chi connectivity index (χ3n) is 2.85. The Kier molecular flexibility index (Phi) is 5.75. The second-order valence-corrected chi connectivity index (χ2v) is 4.90. The quantitative estimate of drug-likeness (QED) is 0.629. The van der Waals surface area contributed by atoms with Crippen LogP contribution in [0.4, 0.5) is 0 Å². The lowest BCUT2D eigenvalue weighted by atomic mass is 10.1. The lowest BCUT2D eigenvalue weighted by Gasteiger charge is -2.20. The fraction of sp³-hybridized carbons (Fsp3) is 0.462. The SMILES string of the molecule is Cc1cc(C(O)CNC(C(=O)O)C(C)O)ccc1Cl. The van der Waals surface area contributed by atoms with Gasteiger partial charge in [-0.15, -0.1) is 0 Å². The van der Waals surface area contributed by atoms with Gasteiger partial charge in [-0.1, -0.05) is 23.7 Å². The molecule has 4 N–H and O–H groups in total. The number of benzene rings is 1. The molecule has 3 atom stereocenters. The number of hydrogen-bond donors (Lipinski definition) is 4. The van der Waals surface area contributed by atoms with E-state index in [9.17, 15) is 15.0 Å². The van der Waals surface area contributed by atoms with Gasteiger partial charge in [-0.2, -0.15) is 0 Å². The van der Waals surface area contributed by atoms with Gasteiger partial charge >= 0.3 is 5.97 Å². The summed E-state index contributed by atoms with van der Waals surface area (Å²) in [5.74, 6) is -1.16. The molecule has 106 valence electrons. The summed E-state index contributed by atoms with van der Waals surface area (Å²) in [7, 11) is 0. The van der Waals surface area contributed by atoms with E-state index in [1.54, 1.807) is 18.2 Å². The average molecular weight is 288 g/mol. The Morgan fingerprint density at radius 3 is 2.53 bits per heavy atom. The highest BCUT2D eigenvalue weighted by Gasteiger charge is 2.23. The van der Waals surface area contributed by atoms with Gasteiger partial charge in [0.2, 0.25) is 0 Å². The molecule has 0 radical (unpaired) electrons. The van der Waals surface area contributed by atoms with E-state index in [1.165, 1.54) is 6.92 Å². The van der Waals surface area contributed by atoms with Crippen molar-refractivity contribution in [3.8, 4) is 0 Å². The van der Waals surface area contributed by atoms with Gasteiger partial charge in [-0.05, 0) is 31.0 Å². The molecule has 0 aliphatic rings. The Hall–Kier alpha value is -1.14. The van der Waals surface area contributed by atoms with Crippen LogP contribution in [0.1, 0.15) is 24.2 Å². The van der Waals surface area contributed by atoms with Gasteiger partial charge in [0.05, 0.1) is 12.2 Å². The van der Waals surface area contributed by atoms with Crippen molar-refractivity contribution in [2.75, 3.05) is 6.54 Å². The van der Waals surface area contributed by atoms with Crippen LogP contribution in [-0.4, -0.2) is 40.0 Å². The summed E-state index contributed by atoms with van der Waals surface area (Å²) in [5, 5.41) is 31.4. The van der Waals surface area contributed by atoms with Crippen LogP contribution in [0, 0.1) is 6.92 Å². The molecule has 5 nitrogen and oxygen atoms in total. The molecular weight excluding hydrogens is 270 g/mol. The van der Waals surface area contributed by atoms with E-state index in [1.807, 2.05) is 6.92 Å². The summed E-state index contributed by atoms with van der Waals surface area (Å²) in [6.45, 7) is 3.23. The highest BCUT2D eigenvalue weighted by atomic mass is 35.5. The molecule has 6 heteroatoms. The van der Waals surface area contributed by atoms with Gasteiger partial charge < -0.3 is 15.3 Å². The summed E-state index contributed by atoms with van der Waals surface area (Å²) >= 11 is 5.89. The molecule has 1 aromatic carbocycles. The number of halogens is 1. The monoisotopic (exact) mass is 287 g/mol. The smallest absolute Gasteiger partial charge is 0.323 e. The zero-order valence-electron chi connectivity index (χ0n) is 10.8. The Morgan fingerprint density at radius 2 is 2.05 bits per heavy atom. The van der Waals surface area contributed by atoms with E-state index < -0.39 is 24.2 Å². The summed E-state index contributed by atoms with van der Waals surface area (Å²) in [6, 6.07) is 3.99. The largest absolute Gasteiger partial charge is 0.480 e. The minimum atomic E-state index is -1.16. The topological polar surface area (TPSA) is 89.8 Å². The second kappa shape index (κ2) is 6.86. The highest BCUT2D eigenvalue weighted by Crippen LogP contribution is 2.20. The van der Waals surface area contributed by atoms with Crippen LogP contribution in [0.25, 0.3) is 0 Å². The molecule has 0 bridgehead atoms. The number of aliphatic carboxylic acids is 1. The number of nitrogens with one attached hydrogen (secondary N) is 1. The summed E-state index contributed by atoms with van der Waals surface area (Å²) in [4.78, 5) is 10.9. The first kappa shape index (κ1) is 15.9. The molecule has 0 amide bonds. The fourth-order valence-corrected chi connectivity index (χ4v) is 1.81. The zero-order chi connectivity index (χ0) is 14.6. The van der Waals surface area contributed by atoms with Gasteiger partial charge in [0, 0.05) is 11.6 Å². The molecule has 3 unspecified atom stereocenters. The van der Waals surface area contributed by atoms with E-state index in [-0.39, 0.29) is 6.54 Å². The lowest BCUT2D eigenvalue weighted by molar-refractivity contribution is -0.142. The van der Waals surface area contributed by atoms with Crippen molar-refractivity contribution in [3.63, 3.8) is 0 Å². The molecular formula is C13H18ClNO4. The second-order valence-electron chi connectivity index (χ2n) is 4.49. The molecule has 1 aromatic rings. The summed E-state index contributed by atoms with van der Waals surface area (Å²) in [5.41, 5.74) is 1.48. The molecule has 0 aliphatic carbocycles. The minimum Gasteiger partial charge on any atom is -0.480 e. The van der Waals surface area contributed by atoms with Crippen LogP contribution >= 0.6 is 11.6 Å². The van der Waals surface area contributed by atoms with Crippen molar-refractivity contribution >= 4 is 17.6 Å². The Morgan fingerprint density at radius 1 is 1.42 bits per heavy atom. The first-order valence-corrected chi connectivity index (χ1v) is 6.29. The number of aliphatic hydroxyl groups excluding tert-OH is 2. The van der Waals surface area contributed by atoms with Crippen LogP contribution < -0.4 is 5.32 Å². The highest BCUT2D eigenvalue weighted by molar-refractivity contribution is 6.31.